The van der Waals surface area contributed by atoms with Gasteiger partial charge >= 0.3 is 11.6 Å². The maximum Gasteiger partial charge on any atom is 0.453 e. The Morgan fingerprint density at radius 2 is 1.92 bits per heavy atom. The highest BCUT2D eigenvalue weighted by molar-refractivity contribution is 6.21. The number of hydrogen-bond donors (Lipinski definition) is 0. The molecule has 2 rings (SSSR count). The number of nitro benzene ring substituents is 1. The number of nitro groups is 1. The lowest BCUT2D eigenvalue weighted by atomic mass is 10.1. The lowest BCUT2D eigenvalue weighted by Crippen LogP contribution is -2.15. The molecule has 2 aromatic rings. The topological polar surface area (TPSA) is 73.8 Å². The summed E-state index contributed by atoms with van der Waals surface area (Å²) in [4.78, 5) is 12.8. The van der Waals surface area contributed by atoms with Crippen molar-refractivity contribution in [1.82, 2.24) is 14.8 Å². The van der Waals surface area contributed by atoms with Crippen LogP contribution < -0.4 is 0 Å². The molecule has 0 spiro atoms. The van der Waals surface area contributed by atoms with Gasteiger partial charge in [0.25, 0.3) is 11.5 Å². The Labute approximate surface area is 136 Å². The minimum Gasteiger partial charge on any atom is -0.258 e. The van der Waals surface area contributed by atoms with Crippen LogP contribution in [0, 0.1) is 17.0 Å². The van der Waals surface area contributed by atoms with E-state index in [0.717, 1.165) is 6.07 Å². The molecule has 0 aliphatic heterocycles. The predicted molar refractivity (Wildman–Crippen MR) is 71.7 cm³/mol. The maximum absolute atomic E-state index is 13.3. The molecule has 0 atom stereocenters. The molecule has 0 unspecified atom stereocenters. The van der Waals surface area contributed by atoms with Gasteiger partial charge in [-0.25, -0.2) is 9.67 Å². The second-order valence-electron chi connectivity index (χ2n) is 4.79. The molecule has 12 heteroatoms. The third kappa shape index (κ3) is 3.78. The number of aromatic nitrogens is 3. The smallest absolute Gasteiger partial charge is 0.258 e. The number of hydrogen-bond acceptors (Lipinski definition) is 4. The van der Waals surface area contributed by atoms with Crippen molar-refractivity contribution < 1.29 is 26.9 Å². The van der Waals surface area contributed by atoms with E-state index in [4.69, 9.17) is 11.6 Å². The van der Waals surface area contributed by atoms with Crippen molar-refractivity contribution in [3.05, 3.63) is 51.1 Å². The molecule has 6 nitrogen and oxygen atoms in total. The van der Waals surface area contributed by atoms with E-state index in [-0.39, 0.29) is 16.8 Å². The van der Waals surface area contributed by atoms with E-state index in [1.54, 1.807) is 0 Å². The Kier molecular flexibility index (Phi) is 4.48. The van der Waals surface area contributed by atoms with Crippen LogP contribution in [-0.4, -0.2) is 19.7 Å². The monoisotopic (exact) mass is 370 g/mol. The van der Waals surface area contributed by atoms with E-state index in [9.17, 15) is 32.1 Å². The van der Waals surface area contributed by atoms with Crippen LogP contribution in [0.25, 0.3) is 0 Å². The summed E-state index contributed by atoms with van der Waals surface area (Å²) in [6.45, 7) is 0.890. The summed E-state index contributed by atoms with van der Waals surface area (Å²) >= 11 is 4.78. The van der Waals surface area contributed by atoms with Gasteiger partial charge in [0.1, 0.15) is 0 Å². The molecule has 0 saturated heterocycles. The second kappa shape index (κ2) is 5.96. The first-order chi connectivity index (χ1) is 10.9. The Bertz CT molecular complexity index is 785. The highest BCUT2D eigenvalue weighted by atomic mass is 35.5. The number of rotatable bonds is 4. The zero-order valence-electron chi connectivity index (χ0n) is 11.8. The number of halogens is 6. The highest BCUT2D eigenvalue weighted by Crippen LogP contribution is 2.34. The van der Waals surface area contributed by atoms with Crippen LogP contribution in [0.3, 0.4) is 0 Å². The number of aryl methyl sites for hydroxylation is 1. The summed E-state index contributed by atoms with van der Waals surface area (Å²) in [6.07, 6.45) is -5.02. The van der Waals surface area contributed by atoms with E-state index in [0.29, 0.717) is 4.68 Å². The first-order valence-corrected chi connectivity index (χ1v) is 6.60. The molecule has 0 N–H and O–H groups in total. The Morgan fingerprint density at radius 3 is 2.38 bits per heavy atom. The first kappa shape index (κ1) is 18.0. The molecular weight excluding hydrogens is 363 g/mol. The van der Waals surface area contributed by atoms with Gasteiger partial charge in [-0.1, -0.05) is 6.07 Å². The molecule has 1 heterocycles. The molecule has 0 fully saturated rings. The van der Waals surface area contributed by atoms with Gasteiger partial charge in [-0.05, 0) is 30.2 Å². The largest absolute Gasteiger partial charge is 0.453 e. The SMILES string of the molecule is Cc1cc(Cn2nc(C(F)(F)F)nc2C(F)(F)Cl)ccc1[N+](=O)[O-]. The molecular formula is C12H8ClF5N4O2. The fourth-order valence-electron chi connectivity index (χ4n) is 1.98. The minimum atomic E-state index is -5.02. The van der Waals surface area contributed by atoms with E-state index >= 15 is 0 Å². The molecule has 130 valence electrons. The third-order valence-electron chi connectivity index (χ3n) is 2.97. The Morgan fingerprint density at radius 1 is 1.29 bits per heavy atom. The van der Waals surface area contributed by atoms with Gasteiger partial charge in [0.15, 0.2) is 0 Å². The van der Waals surface area contributed by atoms with Crippen LogP contribution in [-0.2, 0) is 18.1 Å². The number of benzene rings is 1. The van der Waals surface area contributed by atoms with Gasteiger partial charge in [0, 0.05) is 11.6 Å². The van der Waals surface area contributed by atoms with Gasteiger partial charge in [0.05, 0.1) is 11.5 Å². The maximum atomic E-state index is 13.3. The summed E-state index contributed by atoms with van der Waals surface area (Å²) in [6, 6.07) is 3.62. The van der Waals surface area contributed by atoms with Crippen molar-refractivity contribution in [2.24, 2.45) is 0 Å². The minimum absolute atomic E-state index is 0.212. The molecule has 24 heavy (non-hydrogen) atoms. The Balaban J connectivity index is 2.44. The van der Waals surface area contributed by atoms with Crippen molar-refractivity contribution in [2.45, 2.75) is 25.0 Å². The summed E-state index contributed by atoms with van der Waals surface area (Å²) in [5, 5.41) is 9.58. The number of nitrogens with zero attached hydrogens (tertiary/aromatic N) is 4. The van der Waals surface area contributed by atoms with Crippen molar-refractivity contribution in [1.29, 1.82) is 0 Å². The first-order valence-electron chi connectivity index (χ1n) is 6.22. The Hall–Kier alpha value is -2.30. The summed E-state index contributed by atoms with van der Waals surface area (Å²) in [7, 11) is 0. The van der Waals surface area contributed by atoms with Crippen molar-refractivity contribution in [2.75, 3.05) is 0 Å². The quantitative estimate of drug-likeness (QED) is 0.354. The van der Waals surface area contributed by atoms with Gasteiger partial charge in [0.2, 0.25) is 5.82 Å². The van der Waals surface area contributed by atoms with Gasteiger partial charge in [-0.2, -0.15) is 22.0 Å². The standard InChI is InChI=1S/C12H8ClF5N4O2/c1-6-4-7(2-3-8(6)22(23)24)5-21-10(11(13,14)15)19-9(20-21)12(16,17)18/h2-4H,5H2,1H3. The molecule has 0 aliphatic carbocycles. The van der Waals surface area contributed by atoms with E-state index in [1.807, 2.05) is 0 Å². The summed E-state index contributed by atoms with van der Waals surface area (Å²) in [5.41, 5.74) is 0.225. The van der Waals surface area contributed by atoms with E-state index < -0.39 is 34.7 Å². The molecule has 0 saturated carbocycles. The molecule has 0 bridgehead atoms. The highest BCUT2D eigenvalue weighted by Gasteiger charge is 2.42. The van der Waals surface area contributed by atoms with Crippen LogP contribution in [0.5, 0.6) is 0 Å². The third-order valence-corrected chi connectivity index (χ3v) is 3.14. The average Bonchev–Trinajstić information content (AvgIpc) is 2.82. The second-order valence-corrected chi connectivity index (χ2v) is 5.26. The zero-order chi connectivity index (χ0) is 18.3. The van der Waals surface area contributed by atoms with Crippen LogP contribution in [0.2, 0.25) is 0 Å². The number of alkyl halides is 6. The predicted octanol–water partition coefficient (Wildman–Crippen LogP) is 3.85. The molecule has 1 aromatic heterocycles. The molecule has 0 radical (unpaired) electrons. The van der Waals surface area contributed by atoms with Gasteiger partial charge in [-0.15, -0.1) is 5.10 Å². The summed E-state index contributed by atoms with van der Waals surface area (Å²) in [5.74, 6) is -3.12. The van der Waals surface area contributed by atoms with Crippen molar-refractivity contribution in [3.8, 4) is 0 Å². The lowest BCUT2D eigenvalue weighted by molar-refractivity contribution is -0.385. The van der Waals surface area contributed by atoms with Crippen molar-refractivity contribution in [3.63, 3.8) is 0 Å². The van der Waals surface area contributed by atoms with Crippen LogP contribution in [0.1, 0.15) is 22.8 Å². The van der Waals surface area contributed by atoms with Gasteiger partial charge < -0.3 is 0 Å². The molecule has 0 amide bonds. The molecule has 0 aliphatic rings. The van der Waals surface area contributed by atoms with Crippen LogP contribution >= 0.6 is 11.6 Å². The van der Waals surface area contributed by atoms with Crippen LogP contribution in [0.4, 0.5) is 27.6 Å². The van der Waals surface area contributed by atoms with Crippen LogP contribution in [0.15, 0.2) is 18.2 Å². The van der Waals surface area contributed by atoms with E-state index in [2.05, 4.69) is 10.1 Å². The normalized spacial score (nSPS) is 12.5. The van der Waals surface area contributed by atoms with Crippen molar-refractivity contribution >= 4 is 17.3 Å². The average molecular weight is 371 g/mol. The van der Waals surface area contributed by atoms with E-state index in [1.165, 1.54) is 19.1 Å². The fourth-order valence-corrected chi connectivity index (χ4v) is 2.12. The molecule has 1 aromatic carbocycles. The fraction of sp³-hybridized carbons (Fsp3) is 0.333. The summed E-state index contributed by atoms with van der Waals surface area (Å²) < 4.78 is 64.7. The van der Waals surface area contributed by atoms with Gasteiger partial charge in [-0.3, -0.25) is 10.1 Å². The zero-order valence-corrected chi connectivity index (χ0v) is 12.6. The lowest BCUT2D eigenvalue weighted by Gasteiger charge is -2.10.